The van der Waals surface area contributed by atoms with Gasteiger partial charge in [0.1, 0.15) is 68.2 Å². The molecule has 350 valence electrons. The van der Waals surface area contributed by atoms with Crippen molar-refractivity contribution < 1.29 is 106 Å². The fraction of sp³-hybridized carbons (Fsp3) is 0.750. The summed E-state index contributed by atoms with van der Waals surface area (Å²) >= 11 is 0. The second-order valence-electron chi connectivity index (χ2n) is 13.0. The lowest BCUT2D eigenvalue weighted by atomic mass is 9.97. The van der Waals surface area contributed by atoms with Crippen molar-refractivity contribution in [3.63, 3.8) is 0 Å². The number of carbonyl (C=O) groups excluding carboxylic acids is 6. The number of phosphoric ester groups is 1. The summed E-state index contributed by atoms with van der Waals surface area (Å²) in [5.41, 5.74) is 0. The van der Waals surface area contributed by atoms with Crippen molar-refractivity contribution in [3.05, 3.63) is 12.0 Å². The highest BCUT2D eigenvalue weighted by Gasteiger charge is 2.46. The van der Waals surface area contributed by atoms with Gasteiger partial charge in [0.2, 0.25) is 29.9 Å². The number of alkyl carbamates (subject to hydrolysis) is 2. The van der Waals surface area contributed by atoms with Gasteiger partial charge >= 0.3 is 20.0 Å². The normalized spacial score (nSPS) is 27.0. The van der Waals surface area contributed by atoms with Gasteiger partial charge in [-0.05, 0) is 12.8 Å². The van der Waals surface area contributed by atoms with E-state index in [2.05, 4.69) is 36.4 Å². The number of hydrogen-bond acceptors (Lipinski definition) is 21. The summed E-state index contributed by atoms with van der Waals surface area (Å²) in [5.74, 6) is -2.83. The van der Waals surface area contributed by atoms with Crippen molar-refractivity contribution in [3.8, 4) is 0 Å². The number of carbonyl (C=O) groups is 6. The maximum absolute atomic E-state index is 12.2. The first kappa shape index (κ1) is 52.7. The van der Waals surface area contributed by atoms with Gasteiger partial charge in [-0.2, -0.15) is 0 Å². The van der Waals surface area contributed by atoms with E-state index in [1.807, 2.05) is 0 Å². The van der Waals surface area contributed by atoms with Gasteiger partial charge in [0.15, 0.2) is 12.0 Å². The smallest absolute Gasteiger partial charge is 0.472 e. The van der Waals surface area contributed by atoms with Crippen molar-refractivity contribution in [2.75, 3.05) is 66.3 Å². The van der Waals surface area contributed by atoms with E-state index in [1.165, 1.54) is 13.8 Å². The molecule has 29 heteroatoms. The van der Waals surface area contributed by atoms with Gasteiger partial charge in [0.25, 0.3) is 0 Å². The molecule has 2 rings (SSSR count). The molecular formula is C32H55N6O22P. The van der Waals surface area contributed by atoms with Crippen LogP contribution < -0.4 is 31.9 Å². The van der Waals surface area contributed by atoms with Crippen LogP contribution in [-0.2, 0) is 61.2 Å². The molecule has 1 unspecified atom stereocenters. The number of hydrogen-bond donors (Lipinski definition) is 13. The van der Waals surface area contributed by atoms with E-state index in [0.717, 1.165) is 7.11 Å². The monoisotopic (exact) mass is 906 g/mol. The van der Waals surface area contributed by atoms with Crippen LogP contribution in [0.1, 0.15) is 26.7 Å². The molecule has 2 heterocycles. The van der Waals surface area contributed by atoms with Gasteiger partial charge < -0.3 is 95.9 Å². The Balaban J connectivity index is 1.69. The number of phosphoric acid groups is 1. The maximum atomic E-state index is 12.2. The molecule has 2 aliphatic rings. The number of rotatable bonds is 24. The fourth-order valence-electron chi connectivity index (χ4n) is 5.26. The standard InChI is InChI=1S/C32H55N6O22P/c1-16(41)37-23-27(47)25(45)19(12-39)58-29(23)54-8-4-6-33-21(43)10-35-31(49)56-14-18(60-61(51,52)53-3)15-57-32(50)36-11-22(44)34-7-5-9-55-30-24(38-17(2)42)28(48)26(46)20(13-40)59-30/h12,18,20,23-30,39-40,45-48H,4-11,13-15H2,1-3H3,(H,33,43)(H,34,44)(H,35,49)(H,36,50)(H,37,41)(H,38,42)(H,51,52)/b19-12-/t18-,20+,23+,24+,25-,26-,27+,28+,29+,30+/m0/s1. The Kier molecular flexibility index (Phi) is 23.1. The Hall–Kier alpha value is -4.45. The molecule has 2 saturated heterocycles. The Morgan fingerprint density at radius 3 is 1.72 bits per heavy atom. The quantitative estimate of drug-likeness (QED) is 0.0244. The SMILES string of the molecule is COP(=O)(O)O[C@@H](COC(=O)NCC(=O)NCCCO[C@@H]1O/C(=C\O)[C@H](O)[C@H](O)[C@H]1NC(C)=O)COC(=O)NCC(=O)NCCCO[C@@H]1O[C@H](CO)[C@H](O)[C@H](O)[C@H]1NC(C)=O. The zero-order chi connectivity index (χ0) is 45.7. The lowest BCUT2D eigenvalue weighted by Crippen LogP contribution is -2.64. The predicted octanol–water partition coefficient (Wildman–Crippen LogP) is -5.46. The van der Waals surface area contributed by atoms with E-state index in [0.29, 0.717) is 6.26 Å². The minimum absolute atomic E-state index is 0.0148. The fourth-order valence-corrected chi connectivity index (χ4v) is 5.84. The van der Waals surface area contributed by atoms with Crippen LogP contribution in [0.5, 0.6) is 0 Å². The molecule has 0 spiro atoms. The predicted molar refractivity (Wildman–Crippen MR) is 198 cm³/mol. The van der Waals surface area contributed by atoms with Crippen molar-refractivity contribution in [1.29, 1.82) is 0 Å². The molecular weight excluding hydrogens is 851 g/mol. The topological polar surface area (TPSA) is 407 Å². The first-order chi connectivity index (χ1) is 28.8. The van der Waals surface area contributed by atoms with Crippen LogP contribution in [0.3, 0.4) is 0 Å². The number of nitrogens with one attached hydrogen (secondary N) is 6. The summed E-state index contributed by atoms with van der Waals surface area (Å²) in [5, 5.41) is 73.3. The summed E-state index contributed by atoms with van der Waals surface area (Å²) in [6.07, 6.45) is -13.0. The van der Waals surface area contributed by atoms with Gasteiger partial charge in [-0.3, -0.25) is 28.2 Å². The van der Waals surface area contributed by atoms with Crippen molar-refractivity contribution in [1.82, 2.24) is 31.9 Å². The van der Waals surface area contributed by atoms with E-state index >= 15 is 0 Å². The van der Waals surface area contributed by atoms with Crippen LogP contribution in [0.2, 0.25) is 0 Å². The first-order valence-corrected chi connectivity index (χ1v) is 20.0. The zero-order valence-corrected chi connectivity index (χ0v) is 34.2. The molecule has 0 saturated carbocycles. The maximum Gasteiger partial charge on any atom is 0.472 e. The average molecular weight is 907 g/mol. The molecule has 6 amide bonds. The Labute approximate surface area is 348 Å². The molecule has 0 aromatic rings. The average Bonchev–Trinajstić information content (AvgIpc) is 3.21. The minimum atomic E-state index is -4.71. The molecule has 0 aromatic carbocycles. The molecule has 11 atom stereocenters. The second kappa shape index (κ2) is 26.8. The molecule has 28 nitrogen and oxygen atoms in total. The largest absolute Gasteiger partial charge is 0.512 e. The Morgan fingerprint density at radius 2 is 1.26 bits per heavy atom. The van der Waals surface area contributed by atoms with Crippen LogP contribution in [-0.4, -0.2) is 199 Å². The lowest BCUT2D eigenvalue weighted by Gasteiger charge is -2.42. The van der Waals surface area contributed by atoms with Crippen LogP contribution in [0.25, 0.3) is 0 Å². The highest BCUT2D eigenvalue weighted by molar-refractivity contribution is 7.47. The summed E-state index contributed by atoms with van der Waals surface area (Å²) in [6, 6.07) is -2.33. The van der Waals surface area contributed by atoms with Gasteiger partial charge in [0, 0.05) is 34.0 Å². The highest BCUT2D eigenvalue weighted by Crippen LogP contribution is 2.43. The number of aliphatic hydroxyl groups is 6. The molecule has 0 aromatic heterocycles. The van der Waals surface area contributed by atoms with Crippen molar-refractivity contribution in [2.45, 2.75) is 88.0 Å². The van der Waals surface area contributed by atoms with Gasteiger partial charge in [-0.25, -0.2) is 14.2 Å². The van der Waals surface area contributed by atoms with Crippen molar-refractivity contribution in [2.24, 2.45) is 0 Å². The van der Waals surface area contributed by atoms with E-state index in [1.54, 1.807) is 0 Å². The number of ether oxygens (including phenoxy) is 6. The molecule has 0 aliphatic carbocycles. The van der Waals surface area contributed by atoms with E-state index in [4.69, 9.17) is 32.9 Å². The van der Waals surface area contributed by atoms with Gasteiger partial charge in [-0.15, -0.1) is 0 Å². The number of amides is 6. The van der Waals surface area contributed by atoms with Crippen LogP contribution in [0.15, 0.2) is 12.0 Å². The van der Waals surface area contributed by atoms with Crippen LogP contribution in [0, 0.1) is 0 Å². The van der Waals surface area contributed by atoms with Crippen LogP contribution in [0.4, 0.5) is 9.59 Å². The molecule has 0 radical (unpaired) electrons. The highest BCUT2D eigenvalue weighted by atomic mass is 31.2. The lowest BCUT2D eigenvalue weighted by molar-refractivity contribution is -0.270. The molecule has 2 fully saturated rings. The van der Waals surface area contributed by atoms with Gasteiger partial charge in [-0.1, -0.05) is 0 Å². The number of aliphatic hydroxyl groups excluding tert-OH is 6. The van der Waals surface area contributed by atoms with E-state index in [-0.39, 0.29) is 44.9 Å². The molecule has 2 aliphatic heterocycles. The van der Waals surface area contributed by atoms with Crippen molar-refractivity contribution >= 4 is 43.6 Å². The third-order valence-corrected chi connectivity index (χ3v) is 9.25. The summed E-state index contributed by atoms with van der Waals surface area (Å²) in [4.78, 5) is 81.5. The molecule has 0 bridgehead atoms. The third-order valence-electron chi connectivity index (χ3n) is 8.23. The van der Waals surface area contributed by atoms with E-state index in [9.17, 15) is 68.9 Å². The molecule has 13 N–H and O–H groups in total. The van der Waals surface area contributed by atoms with Gasteiger partial charge in [0.05, 0.1) is 32.9 Å². The summed E-state index contributed by atoms with van der Waals surface area (Å²) < 4.78 is 52.7. The summed E-state index contributed by atoms with van der Waals surface area (Å²) in [6.45, 7) is -1.12. The first-order valence-electron chi connectivity index (χ1n) is 18.5. The van der Waals surface area contributed by atoms with Crippen LogP contribution >= 0.6 is 7.82 Å². The molecule has 61 heavy (non-hydrogen) atoms. The zero-order valence-electron chi connectivity index (χ0n) is 33.3. The second-order valence-corrected chi connectivity index (χ2v) is 14.6. The Bertz CT molecular complexity index is 1530. The van der Waals surface area contributed by atoms with E-state index < -0.39 is 138 Å². The third kappa shape index (κ3) is 19.0. The summed E-state index contributed by atoms with van der Waals surface area (Å²) in [7, 11) is -3.86. The minimum Gasteiger partial charge on any atom is -0.512 e. The Morgan fingerprint density at radius 1 is 0.770 bits per heavy atom.